The number of hydrogen-bond donors (Lipinski definition) is 0. The van der Waals surface area contributed by atoms with Crippen LogP contribution in [-0.2, 0) is 0 Å². The molecule has 0 amide bonds. The van der Waals surface area contributed by atoms with Gasteiger partial charge in [0.1, 0.15) is 0 Å². The van der Waals surface area contributed by atoms with Crippen molar-refractivity contribution < 1.29 is 13.1 Å². The highest BCUT2D eigenvalue weighted by atomic mass is 79.9. The monoisotopic (exact) mass is 530 g/mol. The molecule has 128 valence electrons. The Bertz CT molecular complexity index is 1030. The average molecular weight is 533 g/mol. The van der Waals surface area contributed by atoms with Gasteiger partial charge in [-0.15, -0.1) is 0 Å². The molecule has 8 heteroatoms. The summed E-state index contributed by atoms with van der Waals surface area (Å²) in [5.41, 5.74) is 4.87. The lowest BCUT2D eigenvalue weighted by Gasteiger charge is -2.32. The van der Waals surface area contributed by atoms with Crippen molar-refractivity contribution in [3.05, 3.63) is 73.6 Å². The second-order valence-electron chi connectivity index (χ2n) is 6.20. The first-order valence-corrected chi connectivity index (χ1v) is 10.0. The van der Waals surface area contributed by atoms with Gasteiger partial charge in [0.05, 0.1) is 10.2 Å². The lowest BCUT2D eigenvalue weighted by molar-refractivity contribution is -0.358. The zero-order valence-corrected chi connectivity index (χ0v) is 18.1. The number of allylic oxidation sites excluding steroid dienone is 2. The van der Waals surface area contributed by atoms with Gasteiger partial charge in [0.2, 0.25) is 4.62 Å². The molecule has 0 saturated carbocycles. The Balaban J connectivity index is 2.13. The number of halogens is 5. The molecule has 2 aliphatic rings. The molecule has 0 aliphatic carbocycles. The van der Waals surface area contributed by atoms with E-state index in [4.69, 9.17) is 0 Å². The first-order chi connectivity index (χ1) is 11.7. The Kier molecular flexibility index (Phi) is 4.01. The van der Waals surface area contributed by atoms with Gasteiger partial charge in [-0.05, 0) is 70.7 Å². The molecule has 0 saturated heterocycles. The second kappa shape index (κ2) is 5.76. The zero-order valence-electron chi connectivity index (χ0n) is 13.3. The Morgan fingerprint density at radius 1 is 1.00 bits per heavy atom. The van der Waals surface area contributed by atoms with Crippen LogP contribution < -0.4 is 0 Å². The van der Waals surface area contributed by atoms with E-state index in [2.05, 4.69) is 47.8 Å². The van der Waals surface area contributed by atoms with Crippen LogP contribution in [0.2, 0.25) is 0 Å². The molecule has 0 bridgehead atoms. The van der Waals surface area contributed by atoms with Crippen molar-refractivity contribution in [2.75, 3.05) is 0 Å². The van der Waals surface area contributed by atoms with Gasteiger partial charge in [-0.3, -0.25) is 0 Å². The maximum Gasteiger partial charge on any atom is 0.738 e. The Labute approximate surface area is 169 Å². The fourth-order valence-corrected chi connectivity index (χ4v) is 5.06. The van der Waals surface area contributed by atoms with E-state index in [1.54, 1.807) is 24.3 Å². The van der Waals surface area contributed by atoms with Crippen LogP contribution in [0, 0.1) is 13.8 Å². The topological polar surface area (TPSA) is 7.94 Å². The van der Waals surface area contributed by atoms with Crippen molar-refractivity contribution in [2.45, 2.75) is 13.8 Å². The molecule has 0 unspecified atom stereocenters. The SMILES string of the molecule is Cc1cc(C2=C3C=CC(Br)=[N+]3[B-](F)(F)n3c(Br)ccc32)c(C)cc1Br. The molecule has 0 radical (unpaired) electrons. The Morgan fingerprint density at radius 2 is 1.72 bits per heavy atom. The summed E-state index contributed by atoms with van der Waals surface area (Å²) in [5.74, 6) is 0. The minimum absolute atomic E-state index is 0.364. The van der Waals surface area contributed by atoms with Crippen molar-refractivity contribution in [1.82, 2.24) is 4.48 Å². The Hall–Kier alpha value is -0.985. The van der Waals surface area contributed by atoms with Crippen LogP contribution in [0.1, 0.15) is 22.4 Å². The molecule has 3 heterocycles. The van der Waals surface area contributed by atoms with Crippen molar-refractivity contribution in [3.63, 3.8) is 0 Å². The first-order valence-electron chi connectivity index (χ1n) is 7.64. The first kappa shape index (κ1) is 17.4. The quantitative estimate of drug-likeness (QED) is 0.398. The second-order valence-corrected chi connectivity index (χ2v) is 8.68. The highest BCUT2D eigenvalue weighted by Gasteiger charge is 2.54. The molecular formula is C17H12BBr3F2N2. The smallest absolute Gasteiger partial charge is 0.389 e. The van der Waals surface area contributed by atoms with Gasteiger partial charge < -0.3 is 17.6 Å². The van der Waals surface area contributed by atoms with Gasteiger partial charge in [-0.25, -0.2) is 0 Å². The van der Waals surface area contributed by atoms with Crippen LogP contribution >= 0.6 is 47.8 Å². The minimum atomic E-state index is -3.98. The van der Waals surface area contributed by atoms with Crippen molar-refractivity contribution in [1.29, 1.82) is 0 Å². The molecule has 0 N–H and O–H groups in total. The van der Waals surface area contributed by atoms with E-state index in [-0.39, 0.29) is 0 Å². The fourth-order valence-electron chi connectivity index (χ4n) is 3.46. The summed E-state index contributed by atoms with van der Waals surface area (Å²) in [6.07, 6.45) is 3.42. The van der Waals surface area contributed by atoms with Crippen molar-refractivity contribution >= 4 is 65.0 Å². The van der Waals surface area contributed by atoms with E-state index in [9.17, 15) is 0 Å². The number of rotatable bonds is 1. The van der Waals surface area contributed by atoms with Crippen LogP contribution in [-0.4, -0.2) is 20.6 Å². The van der Waals surface area contributed by atoms with Crippen LogP contribution in [0.4, 0.5) is 8.63 Å². The molecule has 0 spiro atoms. The van der Waals surface area contributed by atoms with Gasteiger partial charge in [-0.2, -0.15) is 0 Å². The van der Waals surface area contributed by atoms with Gasteiger partial charge >= 0.3 is 6.97 Å². The lowest BCUT2D eigenvalue weighted by atomic mass is 9.85. The standard InChI is InChI=1S/C17H12BBr3F2N2/c1-9-8-12(19)10(2)7-11(9)17-13-3-5-15(20)24(13)18(22,23)25-14(17)4-6-16(25)21/h3-8H,1-2H3. The summed E-state index contributed by atoms with van der Waals surface area (Å²) in [5, 5.41) is 0. The van der Waals surface area contributed by atoms with E-state index >= 15 is 8.63 Å². The summed E-state index contributed by atoms with van der Waals surface area (Å²) in [7, 11) is 0. The van der Waals surface area contributed by atoms with E-state index < -0.39 is 6.97 Å². The predicted molar refractivity (Wildman–Crippen MR) is 108 cm³/mol. The molecule has 25 heavy (non-hydrogen) atoms. The van der Waals surface area contributed by atoms with Crippen LogP contribution in [0.5, 0.6) is 0 Å². The highest BCUT2D eigenvalue weighted by Crippen LogP contribution is 2.43. The van der Waals surface area contributed by atoms with Crippen LogP contribution in [0.25, 0.3) is 5.57 Å². The fraction of sp³-hybridized carbons (Fsp3) is 0.118. The number of nitrogens with zero attached hydrogens (tertiary/aromatic N) is 2. The summed E-state index contributed by atoms with van der Waals surface area (Å²) in [4.78, 5) is 0. The summed E-state index contributed by atoms with van der Waals surface area (Å²) < 4.78 is 34.3. The third-order valence-corrected chi connectivity index (χ3v) is 6.79. The molecule has 2 nitrogen and oxygen atoms in total. The Morgan fingerprint density at radius 3 is 2.44 bits per heavy atom. The third-order valence-electron chi connectivity index (χ3n) is 4.65. The number of hydrogen-bond acceptors (Lipinski definition) is 0. The molecule has 1 aromatic heterocycles. The maximum absolute atomic E-state index is 15.2. The third kappa shape index (κ3) is 2.40. The maximum atomic E-state index is 15.2. The molecular weight excluding hydrogens is 521 g/mol. The largest absolute Gasteiger partial charge is 0.738 e. The average Bonchev–Trinajstić information content (AvgIpc) is 3.09. The van der Waals surface area contributed by atoms with Gasteiger partial charge in [0.25, 0.3) is 0 Å². The molecule has 0 fully saturated rings. The summed E-state index contributed by atoms with van der Waals surface area (Å²) >= 11 is 10.1. The number of aryl methyl sites for hydroxylation is 2. The summed E-state index contributed by atoms with van der Waals surface area (Å²) in [6.45, 7) is 0.0123. The molecule has 4 rings (SSSR count). The molecule has 2 aliphatic heterocycles. The molecule has 0 atom stereocenters. The summed E-state index contributed by atoms with van der Waals surface area (Å²) in [6, 6.07) is 7.49. The normalized spacial score (nSPS) is 18.0. The van der Waals surface area contributed by atoms with Gasteiger partial charge in [0.15, 0.2) is 5.70 Å². The van der Waals surface area contributed by atoms with Gasteiger partial charge in [0, 0.05) is 38.2 Å². The zero-order chi connectivity index (χ0) is 18.1. The van der Waals surface area contributed by atoms with E-state index in [1.165, 1.54) is 0 Å². The number of aromatic nitrogens is 1. The van der Waals surface area contributed by atoms with Crippen molar-refractivity contribution in [3.8, 4) is 0 Å². The molecule has 1 aromatic carbocycles. The predicted octanol–water partition coefficient (Wildman–Crippen LogP) is 6.00. The minimum Gasteiger partial charge on any atom is -0.389 e. The number of benzene rings is 1. The van der Waals surface area contributed by atoms with Crippen LogP contribution in [0.15, 0.2) is 51.2 Å². The lowest BCUT2D eigenvalue weighted by Crippen LogP contribution is -2.50. The number of fused-ring (bicyclic) bond motifs is 2. The van der Waals surface area contributed by atoms with Crippen molar-refractivity contribution in [2.24, 2.45) is 0 Å². The highest BCUT2D eigenvalue weighted by molar-refractivity contribution is 9.18. The van der Waals surface area contributed by atoms with E-state index in [0.29, 0.717) is 20.6 Å². The van der Waals surface area contributed by atoms with E-state index in [1.807, 2.05) is 26.0 Å². The molecule has 2 aromatic rings. The van der Waals surface area contributed by atoms with Gasteiger partial charge in [-0.1, -0.05) is 15.9 Å². The van der Waals surface area contributed by atoms with E-state index in [0.717, 1.165) is 35.7 Å². The van der Waals surface area contributed by atoms with Crippen LogP contribution in [0.3, 0.4) is 0 Å².